The summed E-state index contributed by atoms with van der Waals surface area (Å²) in [6.45, 7) is 2.67. The van der Waals surface area contributed by atoms with Crippen molar-refractivity contribution in [1.82, 2.24) is 19.7 Å². The number of aromatic nitrogens is 4. The number of thioether (sulfide) groups is 2. The zero-order chi connectivity index (χ0) is 27.0. The molecule has 8 nitrogen and oxygen atoms in total. The Morgan fingerprint density at radius 3 is 2.49 bits per heavy atom. The van der Waals surface area contributed by atoms with Gasteiger partial charge in [-0.25, -0.2) is 9.78 Å². The highest BCUT2D eigenvalue weighted by Crippen LogP contribution is 2.32. The van der Waals surface area contributed by atoms with Gasteiger partial charge in [-0.15, -0.1) is 21.5 Å². The lowest BCUT2D eigenvalue weighted by atomic mass is 10.2. The van der Waals surface area contributed by atoms with Crippen molar-refractivity contribution < 1.29 is 14.3 Å². The third-order valence-electron chi connectivity index (χ3n) is 5.59. The van der Waals surface area contributed by atoms with Crippen LogP contribution < -0.4 is 5.32 Å². The molecule has 0 saturated carbocycles. The number of thiazole rings is 1. The van der Waals surface area contributed by atoms with Crippen molar-refractivity contribution in [2.24, 2.45) is 0 Å². The van der Waals surface area contributed by atoms with Gasteiger partial charge in [0.05, 0.1) is 40.4 Å². The van der Waals surface area contributed by atoms with Crippen LogP contribution in [0.5, 0.6) is 0 Å². The molecule has 0 aliphatic carbocycles. The van der Waals surface area contributed by atoms with Crippen LogP contribution >= 0.6 is 34.9 Å². The molecule has 0 fully saturated rings. The predicted molar refractivity (Wildman–Crippen MR) is 156 cm³/mol. The van der Waals surface area contributed by atoms with E-state index in [-0.39, 0.29) is 17.6 Å². The minimum Gasteiger partial charge on any atom is -0.462 e. The quantitative estimate of drug-likeness (QED) is 0.148. The molecular formula is C28H25N5O3S3. The maximum atomic E-state index is 12.7. The van der Waals surface area contributed by atoms with Gasteiger partial charge in [0.15, 0.2) is 9.50 Å². The van der Waals surface area contributed by atoms with E-state index < -0.39 is 0 Å². The predicted octanol–water partition coefficient (Wildman–Crippen LogP) is 6.14. The molecule has 1 N–H and O–H groups in total. The van der Waals surface area contributed by atoms with Crippen LogP contribution in [0.4, 0.5) is 5.69 Å². The van der Waals surface area contributed by atoms with E-state index in [0.717, 1.165) is 25.9 Å². The normalized spacial score (nSPS) is 11.0. The molecule has 0 bridgehead atoms. The summed E-state index contributed by atoms with van der Waals surface area (Å²) in [6, 6.07) is 24.8. The fourth-order valence-corrected chi connectivity index (χ4v) is 6.49. The Bertz CT molecular complexity index is 1540. The van der Waals surface area contributed by atoms with E-state index >= 15 is 0 Å². The molecule has 5 rings (SSSR count). The van der Waals surface area contributed by atoms with Crippen LogP contribution in [0.2, 0.25) is 0 Å². The Labute approximate surface area is 238 Å². The largest absolute Gasteiger partial charge is 0.462 e. The molecule has 0 aliphatic heterocycles. The number of amides is 1. The Hall–Kier alpha value is -3.67. The van der Waals surface area contributed by atoms with Gasteiger partial charge in [-0.2, -0.15) is 0 Å². The summed E-state index contributed by atoms with van der Waals surface area (Å²) in [4.78, 5) is 29.2. The van der Waals surface area contributed by atoms with E-state index in [4.69, 9.17) is 9.72 Å². The second-order valence-corrected chi connectivity index (χ2v) is 11.5. The summed E-state index contributed by atoms with van der Waals surface area (Å²) >= 11 is 4.63. The molecular weight excluding hydrogens is 551 g/mol. The molecule has 2 aromatic heterocycles. The van der Waals surface area contributed by atoms with Gasteiger partial charge in [0, 0.05) is 5.69 Å². The average molecular weight is 576 g/mol. The fourth-order valence-electron chi connectivity index (χ4n) is 3.73. The van der Waals surface area contributed by atoms with Crippen molar-refractivity contribution in [2.75, 3.05) is 17.7 Å². The SMILES string of the molecule is CCOC(=O)c1ccc(NC(=O)CSc2nnc(CSc3nc4ccccc4s3)n2Cc2ccccc2)cc1. The molecule has 5 aromatic rings. The van der Waals surface area contributed by atoms with Crippen LogP contribution in [0.3, 0.4) is 0 Å². The lowest BCUT2D eigenvalue weighted by Gasteiger charge is -2.10. The van der Waals surface area contributed by atoms with E-state index in [1.54, 1.807) is 54.3 Å². The molecule has 0 saturated heterocycles. The molecule has 39 heavy (non-hydrogen) atoms. The van der Waals surface area contributed by atoms with Crippen LogP contribution in [-0.4, -0.2) is 44.0 Å². The minimum atomic E-state index is -0.388. The number of anilines is 1. The molecule has 0 unspecified atom stereocenters. The summed E-state index contributed by atoms with van der Waals surface area (Å²) in [5, 5.41) is 12.4. The second kappa shape index (κ2) is 12.9. The number of carbonyl (C=O) groups excluding carboxylic acids is 2. The molecule has 2 heterocycles. The number of nitrogens with zero attached hydrogens (tertiary/aromatic N) is 4. The van der Waals surface area contributed by atoms with Crippen molar-refractivity contribution in [2.45, 2.75) is 28.7 Å². The van der Waals surface area contributed by atoms with Crippen molar-refractivity contribution in [3.63, 3.8) is 0 Å². The fraction of sp³-hybridized carbons (Fsp3) is 0.179. The third-order valence-corrected chi connectivity index (χ3v) is 8.73. The number of esters is 1. The number of rotatable bonds is 11. The maximum absolute atomic E-state index is 12.7. The molecule has 3 aromatic carbocycles. The van der Waals surface area contributed by atoms with Crippen LogP contribution in [-0.2, 0) is 21.8 Å². The van der Waals surface area contributed by atoms with Crippen molar-refractivity contribution in [1.29, 1.82) is 0 Å². The molecule has 0 aliphatic rings. The van der Waals surface area contributed by atoms with E-state index in [2.05, 4.69) is 38.3 Å². The van der Waals surface area contributed by atoms with Crippen LogP contribution in [0.25, 0.3) is 10.2 Å². The summed E-state index contributed by atoms with van der Waals surface area (Å²) in [5.41, 5.74) is 3.16. The number of benzene rings is 3. The zero-order valence-electron chi connectivity index (χ0n) is 21.1. The van der Waals surface area contributed by atoms with Crippen LogP contribution in [0, 0.1) is 0 Å². The lowest BCUT2D eigenvalue weighted by molar-refractivity contribution is -0.113. The molecule has 198 valence electrons. The van der Waals surface area contributed by atoms with Gasteiger partial charge in [-0.05, 0) is 48.9 Å². The highest BCUT2D eigenvalue weighted by atomic mass is 32.2. The van der Waals surface area contributed by atoms with Crippen molar-refractivity contribution in [3.8, 4) is 0 Å². The van der Waals surface area contributed by atoms with Gasteiger partial charge in [0.1, 0.15) is 5.82 Å². The first-order valence-corrected chi connectivity index (χ1v) is 15.0. The molecule has 0 atom stereocenters. The number of fused-ring (bicyclic) bond motifs is 1. The number of nitrogens with one attached hydrogen (secondary N) is 1. The zero-order valence-corrected chi connectivity index (χ0v) is 23.5. The first kappa shape index (κ1) is 26.9. The molecule has 11 heteroatoms. The van der Waals surface area contributed by atoms with Crippen molar-refractivity contribution >= 4 is 62.6 Å². The van der Waals surface area contributed by atoms with E-state index in [1.165, 1.54) is 11.8 Å². The second-order valence-electron chi connectivity index (χ2n) is 8.34. The number of para-hydroxylation sites is 1. The monoisotopic (exact) mass is 575 g/mol. The van der Waals surface area contributed by atoms with E-state index in [9.17, 15) is 9.59 Å². The lowest BCUT2D eigenvalue weighted by Crippen LogP contribution is -2.15. The molecule has 0 radical (unpaired) electrons. The maximum Gasteiger partial charge on any atom is 0.338 e. The van der Waals surface area contributed by atoms with Gasteiger partial charge in [0.2, 0.25) is 5.91 Å². The third kappa shape index (κ3) is 7.05. The summed E-state index contributed by atoms with van der Waals surface area (Å²) in [5.74, 6) is 1.03. The Morgan fingerprint density at radius 1 is 0.949 bits per heavy atom. The number of carbonyl (C=O) groups is 2. The summed E-state index contributed by atoms with van der Waals surface area (Å²) in [7, 11) is 0. The van der Waals surface area contributed by atoms with Crippen LogP contribution in [0.1, 0.15) is 28.7 Å². The first-order valence-electron chi connectivity index (χ1n) is 12.2. The number of hydrogen-bond donors (Lipinski definition) is 1. The minimum absolute atomic E-state index is 0.164. The van der Waals surface area contributed by atoms with E-state index in [0.29, 0.717) is 35.3 Å². The standard InChI is InChI=1S/C28H25N5O3S3/c1-2-36-26(35)20-12-14-21(15-13-20)29-25(34)18-37-27-32-31-24(33(27)16-19-8-4-3-5-9-19)17-38-28-30-22-10-6-7-11-23(22)39-28/h3-15H,2,16-18H2,1H3,(H,29,34). The first-order chi connectivity index (χ1) is 19.1. The van der Waals surface area contributed by atoms with Gasteiger partial charge in [-0.1, -0.05) is 66.0 Å². The highest BCUT2D eigenvalue weighted by molar-refractivity contribution is 8.00. The number of hydrogen-bond acceptors (Lipinski definition) is 9. The molecule has 1 amide bonds. The van der Waals surface area contributed by atoms with Crippen LogP contribution in [0.15, 0.2) is 88.4 Å². The highest BCUT2D eigenvalue weighted by Gasteiger charge is 2.16. The topological polar surface area (TPSA) is 99.0 Å². The van der Waals surface area contributed by atoms with Crippen molar-refractivity contribution in [3.05, 3.63) is 95.8 Å². The Morgan fingerprint density at radius 2 is 1.72 bits per heavy atom. The van der Waals surface area contributed by atoms with Gasteiger partial charge < -0.3 is 14.6 Å². The van der Waals surface area contributed by atoms with E-state index in [1.807, 2.05) is 36.4 Å². The average Bonchev–Trinajstić information content (AvgIpc) is 3.55. The van der Waals surface area contributed by atoms with Gasteiger partial charge in [-0.3, -0.25) is 4.79 Å². The van der Waals surface area contributed by atoms with Gasteiger partial charge in [0.25, 0.3) is 0 Å². The summed E-state index contributed by atoms with van der Waals surface area (Å²) < 4.78 is 9.19. The number of ether oxygens (including phenoxy) is 1. The Balaban J connectivity index is 1.25. The Kier molecular flexibility index (Phi) is 8.92. The smallest absolute Gasteiger partial charge is 0.338 e. The molecule has 0 spiro atoms. The van der Waals surface area contributed by atoms with Gasteiger partial charge >= 0.3 is 5.97 Å². The summed E-state index contributed by atoms with van der Waals surface area (Å²) in [6.07, 6.45) is 0.